The van der Waals surface area contributed by atoms with E-state index in [1.807, 2.05) is 0 Å². The van der Waals surface area contributed by atoms with E-state index in [2.05, 4.69) is 4.74 Å². The van der Waals surface area contributed by atoms with E-state index in [0.717, 1.165) is 12.0 Å². The summed E-state index contributed by atoms with van der Waals surface area (Å²) in [6.07, 6.45) is -1.39. The molecular formula is C15H16N2O7. The molecule has 0 saturated carbocycles. The van der Waals surface area contributed by atoms with Crippen molar-refractivity contribution in [3.63, 3.8) is 0 Å². The van der Waals surface area contributed by atoms with Crippen molar-refractivity contribution in [2.45, 2.75) is 12.3 Å². The smallest absolute Gasteiger partial charge is 0.410 e. The normalized spacial score (nSPS) is 19.4. The Morgan fingerprint density at radius 1 is 1.25 bits per heavy atom. The molecule has 128 valence electrons. The van der Waals surface area contributed by atoms with E-state index in [-0.39, 0.29) is 6.54 Å². The molecule has 0 radical (unpaired) electrons. The molecule has 1 unspecified atom stereocenters. The first-order chi connectivity index (χ1) is 11.4. The predicted octanol–water partition coefficient (Wildman–Crippen LogP) is 0.0511. The van der Waals surface area contributed by atoms with E-state index < -0.39 is 36.1 Å². The molecular weight excluding hydrogens is 320 g/mol. The standard InChI is InChI=1S/C15H16N2O7/c1-23-12(19)11(18)16-9-15(24-2,13(16)20)17(14(21)22)8-10-6-4-3-5-7-10/h3-7H,8-9H2,1-2H3,(H,21,22). The summed E-state index contributed by atoms with van der Waals surface area (Å²) in [5, 5.41) is 9.46. The number of hydrogen-bond donors (Lipinski definition) is 1. The minimum absolute atomic E-state index is 0.115. The van der Waals surface area contributed by atoms with Crippen molar-refractivity contribution in [2.75, 3.05) is 20.8 Å². The fourth-order valence-corrected chi connectivity index (χ4v) is 2.41. The molecule has 0 aromatic heterocycles. The van der Waals surface area contributed by atoms with Gasteiger partial charge in [0.1, 0.15) is 0 Å². The first kappa shape index (κ1) is 17.4. The van der Waals surface area contributed by atoms with Gasteiger partial charge in [-0.3, -0.25) is 19.4 Å². The summed E-state index contributed by atoms with van der Waals surface area (Å²) in [7, 11) is 2.17. The maximum atomic E-state index is 12.4. The van der Waals surface area contributed by atoms with E-state index in [9.17, 15) is 24.3 Å². The number of carbonyl (C=O) groups is 4. The number of carboxylic acid groups (broad SMARTS) is 1. The van der Waals surface area contributed by atoms with E-state index in [1.165, 1.54) is 7.11 Å². The highest BCUT2D eigenvalue weighted by atomic mass is 16.5. The van der Waals surface area contributed by atoms with Crippen molar-refractivity contribution < 1.29 is 33.8 Å². The fraction of sp³-hybridized carbons (Fsp3) is 0.333. The molecule has 1 aliphatic heterocycles. The molecule has 0 bridgehead atoms. The number of β-lactam (4-membered cyclic amide) rings is 1. The lowest BCUT2D eigenvalue weighted by Gasteiger charge is -2.50. The number of imide groups is 1. The minimum Gasteiger partial charge on any atom is -0.465 e. The molecule has 9 nitrogen and oxygen atoms in total. The summed E-state index contributed by atoms with van der Waals surface area (Å²) in [5.41, 5.74) is -1.22. The van der Waals surface area contributed by atoms with Gasteiger partial charge >= 0.3 is 18.0 Å². The molecule has 0 aliphatic carbocycles. The minimum atomic E-state index is -1.86. The SMILES string of the molecule is COC(=O)C(=O)N1CC(OC)(N(Cc2ccccc2)C(=O)O)C1=O. The maximum absolute atomic E-state index is 12.4. The Kier molecular flexibility index (Phi) is 4.84. The molecule has 0 spiro atoms. The fourth-order valence-electron chi connectivity index (χ4n) is 2.41. The third kappa shape index (κ3) is 2.81. The zero-order valence-corrected chi connectivity index (χ0v) is 13.1. The van der Waals surface area contributed by atoms with Crippen LogP contribution in [0.15, 0.2) is 30.3 Å². The number of ether oxygens (including phenoxy) is 2. The van der Waals surface area contributed by atoms with Crippen LogP contribution in [-0.4, -0.2) is 65.3 Å². The molecule has 1 aromatic carbocycles. The quantitative estimate of drug-likeness (QED) is 0.358. The summed E-state index contributed by atoms with van der Waals surface area (Å²) in [5.74, 6) is -3.31. The van der Waals surface area contributed by atoms with Crippen molar-refractivity contribution >= 4 is 23.9 Å². The van der Waals surface area contributed by atoms with Gasteiger partial charge in [0.15, 0.2) is 0 Å². The largest absolute Gasteiger partial charge is 0.465 e. The summed E-state index contributed by atoms with van der Waals surface area (Å²) >= 11 is 0. The van der Waals surface area contributed by atoms with Crippen LogP contribution >= 0.6 is 0 Å². The summed E-state index contributed by atoms with van der Waals surface area (Å²) < 4.78 is 9.39. The molecule has 1 fully saturated rings. The second-order valence-corrected chi connectivity index (χ2v) is 5.03. The van der Waals surface area contributed by atoms with Crippen LogP contribution in [0.1, 0.15) is 5.56 Å². The van der Waals surface area contributed by atoms with Gasteiger partial charge in [0.2, 0.25) is 5.72 Å². The number of rotatable bonds is 4. The summed E-state index contributed by atoms with van der Waals surface area (Å²) in [6.45, 7) is -0.509. The zero-order valence-electron chi connectivity index (χ0n) is 13.1. The highest BCUT2D eigenvalue weighted by Crippen LogP contribution is 2.32. The molecule has 1 heterocycles. The topological polar surface area (TPSA) is 113 Å². The second-order valence-electron chi connectivity index (χ2n) is 5.03. The Balaban J connectivity index is 2.25. The molecule has 24 heavy (non-hydrogen) atoms. The molecule has 1 saturated heterocycles. The van der Waals surface area contributed by atoms with E-state index in [1.54, 1.807) is 30.3 Å². The number of amides is 3. The van der Waals surface area contributed by atoms with E-state index in [4.69, 9.17) is 4.74 Å². The van der Waals surface area contributed by atoms with Gasteiger partial charge in [-0.2, -0.15) is 0 Å². The van der Waals surface area contributed by atoms with Crippen LogP contribution in [0.3, 0.4) is 0 Å². The second kappa shape index (κ2) is 6.67. The first-order valence-electron chi connectivity index (χ1n) is 6.91. The number of benzene rings is 1. The molecule has 1 aromatic rings. The third-order valence-electron chi connectivity index (χ3n) is 3.75. The molecule has 3 amide bonds. The highest BCUT2D eigenvalue weighted by molar-refractivity contribution is 6.36. The van der Waals surface area contributed by atoms with Crippen LogP contribution < -0.4 is 0 Å². The Labute approximate surface area is 137 Å². The van der Waals surface area contributed by atoms with Crippen molar-refractivity contribution in [3.05, 3.63) is 35.9 Å². The van der Waals surface area contributed by atoms with Crippen LogP contribution in [0.25, 0.3) is 0 Å². The van der Waals surface area contributed by atoms with E-state index in [0.29, 0.717) is 10.5 Å². The average molecular weight is 336 g/mol. The van der Waals surface area contributed by atoms with Crippen LogP contribution in [0, 0.1) is 0 Å². The summed E-state index contributed by atoms with van der Waals surface area (Å²) in [4.78, 5) is 48.4. The van der Waals surface area contributed by atoms with Gasteiger partial charge in [-0.1, -0.05) is 30.3 Å². The number of methoxy groups -OCH3 is 2. The number of hydrogen-bond acceptors (Lipinski definition) is 6. The predicted molar refractivity (Wildman–Crippen MR) is 78.5 cm³/mol. The van der Waals surface area contributed by atoms with Gasteiger partial charge in [-0.15, -0.1) is 0 Å². The van der Waals surface area contributed by atoms with Crippen LogP contribution in [0.2, 0.25) is 0 Å². The Bertz CT molecular complexity index is 676. The maximum Gasteiger partial charge on any atom is 0.410 e. The van der Waals surface area contributed by atoms with Gasteiger partial charge in [-0.25, -0.2) is 9.59 Å². The summed E-state index contributed by atoms with van der Waals surface area (Å²) in [6, 6.07) is 8.61. The van der Waals surface area contributed by atoms with Crippen molar-refractivity contribution in [3.8, 4) is 0 Å². The van der Waals surface area contributed by atoms with E-state index >= 15 is 0 Å². The Hall–Kier alpha value is -2.94. The van der Waals surface area contributed by atoms with Gasteiger partial charge < -0.3 is 14.6 Å². The van der Waals surface area contributed by atoms with Gasteiger partial charge in [0.05, 0.1) is 20.2 Å². The first-order valence-corrected chi connectivity index (χ1v) is 6.91. The lowest BCUT2D eigenvalue weighted by molar-refractivity contribution is -0.215. The lowest BCUT2D eigenvalue weighted by atomic mass is 9.99. The molecule has 1 aliphatic rings. The van der Waals surface area contributed by atoms with Gasteiger partial charge in [0, 0.05) is 7.11 Å². The Morgan fingerprint density at radius 2 is 1.88 bits per heavy atom. The molecule has 9 heteroatoms. The van der Waals surface area contributed by atoms with Crippen LogP contribution in [0.4, 0.5) is 4.79 Å². The monoisotopic (exact) mass is 336 g/mol. The number of likely N-dealkylation sites (tertiary alicyclic amines) is 1. The Morgan fingerprint density at radius 3 is 2.33 bits per heavy atom. The lowest BCUT2D eigenvalue weighted by Crippen LogP contribution is -2.77. The highest BCUT2D eigenvalue weighted by Gasteiger charge is 2.62. The number of nitrogens with zero attached hydrogens (tertiary/aromatic N) is 2. The van der Waals surface area contributed by atoms with Gasteiger partial charge in [-0.05, 0) is 5.56 Å². The number of carbonyl (C=O) groups excluding carboxylic acids is 3. The molecule has 2 rings (SSSR count). The van der Waals surface area contributed by atoms with Gasteiger partial charge in [0.25, 0.3) is 5.91 Å². The number of esters is 1. The van der Waals surface area contributed by atoms with Crippen molar-refractivity contribution in [2.24, 2.45) is 0 Å². The molecule has 1 atom stereocenters. The third-order valence-corrected chi connectivity index (χ3v) is 3.75. The van der Waals surface area contributed by atoms with Crippen molar-refractivity contribution in [1.82, 2.24) is 9.80 Å². The van der Waals surface area contributed by atoms with Crippen molar-refractivity contribution in [1.29, 1.82) is 0 Å². The van der Waals surface area contributed by atoms with Crippen LogP contribution in [-0.2, 0) is 30.4 Å². The molecule has 1 N–H and O–H groups in total. The zero-order chi connectivity index (χ0) is 17.9. The average Bonchev–Trinajstić information content (AvgIpc) is 2.59. The van der Waals surface area contributed by atoms with Crippen LogP contribution in [0.5, 0.6) is 0 Å².